The summed E-state index contributed by atoms with van der Waals surface area (Å²) in [5.41, 5.74) is 2.79. The lowest BCUT2D eigenvalue weighted by molar-refractivity contribution is 0.0940. The van der Waals surface area contributed by atoms with Gasteiger partial charge in [0.05, 0.1) is 17.3 Å². The third-order valence-electron chi connectivity index (χ3n) is 3.10. The van der Waals surface area contributed by atoms with Crippen LogP contribution in [0.3, 0.4) is 0 Å². The van der Waals surface area contributed by atoms with Crippen LogP contribution in [0.25, 0.3) is 0 Å². The fraction of sp³-hybridized carbons (Fsp3) is 0.133. The van der Waals surface area contributed by atoms with E-state index < -0.39 is 17.8 Å². The number of carbonyl (C=O) groups excluding carboxylic acids is 1. The monoisotopic (exact) mass is 291 g/mol. The number of hydrazine groups is 1. The largest absolute Gasteiger partial charge is 0.345 e. The van der Waals surface area contributed by atoms with E-state index in [-0.39, 0.29) is 17.1 Å². The zero-order valence-corrected chi connectivity index (χ0v) is 11.4. The molecule has 0 aromatic heterocycles. The molecule has 2 aromatic carbocycles. The molecule has 0 spiro atoms. The zero-order chi connectivity index (χ0) is 15.4. The first-order valence-corrected chi connectivity index (χ1v) is 6.34. The molecule has 21 heavy (non-hydrogen) atoms. The molecule has 0 bridgehead atoms. The molecule has 0 saturated heterocycles. The molecule has 0 saturated carbocycles. The second-order valence-corrected chi connectivity index (χ2v) is 4.56. The highest BCUT2D eigenvalue weighted by molar-refractivity contribution is 5.99. The quantitative estimate of drug-likeness (QED) is 0.599. The average molecular weight is 291 g/mol. The maximum absolute atomic E-state index is 13.6. The lowest BCUT2D eigenvalue weighted by Crippen LogP contribution is -2.28. The van der Waals surface area contributed by atoms with Gasteiger partial charge in [0.2, 0.25) is 0 Å². The van der Waals surface area contributed by atoms with Gasteiger partial charge in [-0.2, -0.15) is 0 Å². The zero-order valence-electron chi connectivity index (χ0n) is 11.4. The molecule has 1 atom stereocenters. The summed E-state index contributed by atoms with van der Waals surface area (Å²) in [5, 5.41) is 2.67. The molecular formula is C15H15F2N3O. The predicted octanol–water partition coefficient (Wildman–Crippen LogP) is 2.74. The van der Waals surface area contributed by atoms with Gasteiger partial charge < -0.3 is 10.7 Å². The van der Waals surface area contributed by atoms with Gasteiger partial charge >= 0.3 is 0 Å². The van der Waals surface area contributed by atoms with Crippen molar-refractivity contribution in [1.29, 1.82) is 0 Å². The summed E-state index contributed by atoms with van der Waals surface area (Å²) in [5.74, 6) is 3.72. The number of rotatable bonds is 4. The van der Waals surface area contributed by atoms with Gasteiger partial charge in [0, 0.05) is 0 Å². The summed E-state index contributed by atoms with van der Waals surface area (Å²) >= 11 is 0. The van der Waals surface area contributed by atoms with Crippen LogP contribution in [0.5, 0.6) is 0 Å². The van der Waals surface area contributed by atoms with E-state index in [1.165, 1.54) is 30.3 Å². The summed E-state index contributed by atoms with van der Waals surface area (Å²) in [6, 6.07) is 9.54. The van der Waals surface area contributed by atoms with Crippen molar-refractivity contribution in [3.05, 3.63) is 65.2 Å². The third-order valence-corrected chi connectivity index (χ3v) is 3.10. The average Bonchev–Trinajstić information content (AvgIpc) is 2.46. The van der Waals surface area contributed by atoms with Gasteiger partial charge in [-0.1, -0.05) is 18.2 Å². The molecule has 4 nitrogen and oxygen atoms in total. The second kappa shape index (κ2) is 6.32. The van der Waals surface area contributed by atoms with E-state index in [9.17, 15) is 13.6 Å². The Bertz CT molecular complexity index is 661. The number of hydrogen-bond donors (Lipinski definition) is 3. The molecule has 110 valence electrons. The summed E-state index contributed by atoms with van der Waals surface area (Å²) in [7, 11) is 0. The third kappa shape index (κ3) is 3.35. The first kappa shape index (κ1) is 14.9. The van der Waals surface area contributed by atoms with Crippen LogP contribution < -0.4 is 16.6 Å². The van der Waals surface area contributed by atoms with Gasteiger partial charge in [0.15, 0.2) is 0 Å². The number of nitrogens with two attached hydrogens (primary N) is 1. The fourth-order valence-electron chi connectivity index (χ4n) is 1.99. The van der Waals surface area contributed by atoms with E-state index in [1.807, 2.05) is 0 Å². The number of carbonyl (C=O) groups is 1. The van der Waals surface area contributed by atoms with Crippen molar-refractivity contribution in [3.63, 3.8) is 0 Å². The van der Waals surface area contributed by atoms with Gasteiger partial charge in [0.1, 0.15) is 11.6 Å². The van der Waals surface area contributed by atoms with Gasteiger partial charge in [0.25, 0.3) is 5.91 Å². The number of anilines is 1. The van der Waals surface area contributed by atoms with Crippen LogP contribution in [-0.4, -0.2) is 5.91 Å². The van der Waals surface area contributed by atoms with Crippen molar-refractivity contribution in [2.75, 3.05) is 5.43 Å². The lowest BCUT2D eigenvalue weighted by Gasteiger charge is -2.16. The number of halogens is 2. The molecular weight excluding hydrogens is 276 g/mol. The minimum atomic E-state index is -0.622. The normalized spacial score (nSPS) is 11.8. The Labute approximate surface area is 120 Å². The predicted molar refractivity (Wildman–Crippen MR) is 76.5 cm³/mol. The van der Waals surface area contributed by atoms with E-state index in [4.69, 9.17) is 5.84 Å². The standard InChI is InChI=1S/C15H15F2N3O/c1-9(10-4-2-5-11(16)8-10)19-15(21)12-6-3-7-13(17)14(12)20-18/h2-9,20H,18H2,1H3,(H,19,21). The first-order valence-electron chi connectivity index (χ1n) is 6.34. The van der Waals surface area contributed by atoms with E-state index in [1.54, 1.807) is 19.1 Å². The van der Waals surface area contributed by atoms with E-state index in [2.05, 4.69) is 10.7 Å². The molecule has 4 N–H and O–H groups in total. The van der Waals surface area contributed by atoms with E-state index in [0.717, 1.165) is 0 Å². The Kier molecular flexibility index (Phi) is 4.49. The maximum Gasteiger partial charge on any atom is 0.254 e. The number of nitrogens with one attached hydrogen (secondary N) is 2. The van der Waals surface area contributed by atoms with Crippen LogP contribution in [0.4, 0.5) is 14.5 Å². The molecule has 6 heteroatoms. The van der Waals surface area contributed by atoms with Gasteiger partial charge in [-0.25, -0.2) is 8.78 Å². The highest BCUT2D eigenvalue weighted by Gasteiger charge is 2.17. The fourth-order valence-corrected chi connectivity index (χ4v) is 1.99. The summed E-state index contributed by atoms with van der Waals surface area (Å²) < 4.78 is 26.7. The summed E-state index contributed by atoms with van der Waals surface area (Å²) in [6.07, 6.45) is 0. The molecule has 0 heterocycles. The van der Waals surface area contributed by atoms with Crippen molar-refractivity contribution < 1.29 is 13.6 Å². The number of para-hydroxylation sites is 1. The van der Waals surface area contributed by atoms with Crippen molar-refractivity contribution in [3.8, 4) is 0 Å². The van der Waals surface area contributed by atoms with Crippen LogP contribution >= 0.6 is 0 Å². The van der Waals surface area contributed by atoms with Crippen LogP contribution in [0.2, 0.25) is 0 Å². The van der Waals surface area contributed by atoms with Gasteiger partial charge in [-0.3, -0.25) is 10.6 Å². The molecule has 1 unspecified atom stereocenters. The Hall–Kier alpha value is -2.47. The Morgan fingerprint density at radius 2 is 1.90 bits per heavy atom. The molecule has 0 aliphatic rings. The van der Waals surface area contributed by atoms with Gasteiger partial charge in [-0.15, -0.1) is 0 Å². The molecule has 2 aromatic rings. The van der Waals surface area contributed by atoms with Gasteiger partial charge in [-0.05, 0) is 36.8 Å². The smallest absolute Gasteiger partial charge is 0.254 e. The highest BCUT2D eigenvalue weighted by atomic mass is 19.1. The van der Waals surface area contributed by atoms with E-state index in [0.29, 0.717) is 5.56 Å². The number of hydrogen-bond acceptors (Lipinski definition) is 3. The van der Waals surface area contributed by atoms with Crippen molar-refractivity contribution in [1.82, 2.24) is 5.32 Å². The topological polar surface area (TPSA) is 67.2 Å². The number of benzene rings is 2. The Morgan fingerprint density at radius 1 is 1.19 bits per heavy atom. The summed E-state index contributed by atoms with van der Waals surface area (Å²) in [4.78, 5) is 12.2. The molecule has 0 radical (unpaired) electrons. The minimum absolute atomic E-state index is 0.0820. The van der Waals surface area contributed by atoms with Crippen LogP contribution in [0.15, 0.2) is 42.5 Å². The number of nitrogen functional groups attached to an aromatic ring is 1. The number of amides is 1. The first-order chi connectivity index (χ1) is 10.0. The minimum Gasteiger partial charge on any atom is -0.345 e. The lowest BCUT2D eigenvalue weighted by atomic mass is 10.1. The van der Waals surface area contributed by atoms with Crippen LogP contribution in [-0.2, 0) is 0 Å². The highest BCUT2D eigenvalue weighted by Crippen LogP contribution is 2.20. The molecule has 1 amide bonds. The van der Waals surface area contributed by atoms with Crippen molar-refractivity contribution >= 4 is 11.6 Å². The molecule has 0 fully saturated rings. The molecule has 0 aliphatic heterocycles. The molecule has 2 rings (SSSR count). The van der Waals surface area contributed by atoms with Crippen molar-refractivity contribution in [2.24, 2.45) is 5.84 Å². The second-order valence-electron chi connectivity index (χ2n) is 4.56. The van der Waals surface area contributed by atoms with Crippen molar-refractivity contribution in [2.45, 2.75) is 13.0 Å². The summed E-state index contributed by atoms with van der Waals surface area (Å²) in [6.45, 7) is 1.71. The SMILES string of the molecule is CC(NC(=O)c1cccc(F)c1NN)c1cccc(F)c1. The maximum atomic E-state index is 13.6. The van der Waals surface area contributed by atoms with Crippen LogP contribution in [0, 0.1) is 11.6 Å². The van der Waals surface area contributed by atoms with Crippen LogP contribution in [0.1, 0.15) is 28.9 Å². The Morgan fingerprint density at radius 3 is 2.57 bits per heavy atom. The molecule has 0 aliphatic carbocycles. The van der Waals surface area contributed by atoms with E-state index >= 15 is 0 Å². The Balaban J connectivity index is 2.20.